The summed E-state index contributed by atoms with van der Waals surface area (Å²) in [4.78, 5) is 11.7. The molecule has 0 aliphatic carbocycles. The SMILES string of the molecule is C=CCC(C(=O)OCC)c1ccccc1. The highest BCUT2D eigenvalue weighted by atomic mass is 16.5. The van der Waals surface area contributed by atoms with E-state index in [-0.39, 0.29) is 11.9 Å². The fourth-order valence-corrected chi connectivity index (χ4v) is 1.46. The van der Waals surface area contributed by atoms with E-state index in [9.17, 15) is 4.79 Å². The number of ether oxygens (including phenoxy) is 1. The third-order valence-corrected chi connectivity index (χ3v) is 2.18. The summed E-state index contributed by atoms with van der Waals surface area (Å²) in [6.07, 6.45) is 2.36. The molecule has 0 saturated heterocycles. The zero-order chi connectivity index (χ0) is 11.1. The van der Waals surface area contributed by atoms with Crippen LogP contribution < -0.4 is 0 Å². The summed E-state index contributed by atoms with van der Waals surface area (Å²) in [7, 11) is 0. The molecule has 0 fully saturated rings. The minimum atomic E-state index is -0.219. The Morgan fingerprint density at radius 1 is 1.47 bits per heavy atom. The molecule has 1 aromatic carbocycles. The summed E-state index contributed by atoms with van der Waals surface area (Å²) in [6, 6.07) is 9.64. The zero-order valence-corrected chi connectivity index (χ0v) is 8.98. The lowest BCUT2D eigenvalue weighted by atomic mass is 9.96. The van der Waals surface area contributed by atoms with E-state index < -0.39 is 0 Å². The van der Waals surface area contributed by atoms with Crippen molar-refractivity contribution >= 4 is 5.97 Å². The molecule has 2 nitrogen and oxygen atoms in total. The van der Waals surface area contributed by atoms with Crippen LogP contribution in [0.3, 0.4) is 0 Å². The predicted octanol–water partition coefficient (Wildman–Crippen LogP) is 2.91. The number of hydrogen-bond acceptors (Lipinski definition) is 2. The zero-order valence-electron chi connectivity index (χ0n) is 8.98. The Bertz CT molecular complexity index is 317. The van der Waals surface area contributed by atoms with E-state index in [1.807, 2.05) is 37.3 Å². The third kappa shape index (κ3) is 3.24. The van der Waals surface area contributed by atoms with Gasteiger partial charge in [-0.25, -0.2) is 0 Å². The van der Waals surface area contributed by atoms with E-state index >= 15 is 0 Å². The van der Waals surface area contributed by atoms with Gasteiger partial charge >= 0.3 is 5.97 Å². The molecular weight excluding hydrogens is 188 g/mol. The number of esters is 1. The normalized spacial score (nSPS) is 11.8. The highest BCUT2D eigenvalue weighted by Crippen LogP contribution is 2.21. The Morgan fingerprint density at radius 2 is 2.13 bits per heavy atom. The molecule has 80 valence electrons. The first kappa shape index (κ1) is 11.5. The van der Waals surface area contributed by atoms with E-state index in [1.54, 1.807) is 6.08 Å². The first-order chi connectivity index (χ1) is 7.29. The average Bonchev–Trinajstić information content (AvgIpc) is 2.27. The van der Waals surface area contributed by atoms with Gasteiger partial charge in [-0.3, -0.25) is 4.79 Å². The highest BCUT2D eigenvalue weighted by molar-refractivity contribution is 5.78. The van der Waals surface area contributed by atoms with Gasteiger partial charge in [0.25, 0.3) is 0 Å². The summed E-state index contributed by atoms with van der Waals surface area (Å²) in [5, 5.41) is 0. The lowest BCUT2D eigenvalue weighted by Gasteiger charge is -2.13. The third-order valence-electron chi connectivity index (χ3n) is 2.18. The number of hydrogen-bond donors (Lipinski definition) is 0. The lowest BCUT2D eigenvalue weighted by Crippen LogP contribution is -2.15. The molecule has 0 aliphatic rings. The molecule has 0 aliphatic heterocycles. The first-order valence-corrected chi connectivity index (χ1v) is 5.12. The Kier molecular flexibility index (Phi) is 4.61. The minimum Gasteiger partial charge on any atom is -0.466 e. The van der Waals surface area contributed by atoms with Crippen LogP contribution in [0.2, 0.25) is 0 Å². The van der Waals surface area contributed by atoms with Crippen molar-refractivity contribution in [2.45, 2.75) is 19.3 Å². The van der Waals surface area contributed by atoms with Gasteiger partial charge < -0.3 is 4.74 Å². The Morgan fingerprint density at radius 3 is 2.67 bits per heavy atom. The van der Waals surface area contributed by atoms with Crippen LogP contribution in [0, 0.1) is 0 Å². The molecule has 0 bridgehead atoms. The van der Waals surface area contributed by atoms with Crippen LogP contribution in [-0.4, -0.2) is 12.6 Å². The molecule has 2 heteroatoms. The van der Waals surface area contributed by atoms with Crippen molar-refractivity contribution in [1.29, 1.82) is 0 Å². The molecule has 0 aromatic heterocycles. The van der Waals surface area contributed by atoms with E-state index in [2.05, 4.69) is 6.58 Å². The van der Waals surface area contributed by atoms with Crippen molar-refractivity contribution in [2.24, 2.45) is 0 Å². The molecule has 0 N–H and O–H groups in total. The minimum absolute atomic E-state index is 0.177. The molecule has 0 amide bonds. The maximum Gasteiger partial charge on any atom is 0.313 e. The van der Waals surface area contributed by atoms with Crippen molar-refractivity contribution in [2.75, 3.05) is 6.61 Å². The van der Waals surface area contributed by atoms with Crippen molar-refractivity contribution in [1.82, 2.24) is 0 Å². The van der Waals surface area contributed by atoms with Crippen LogP contribution in [0.1, 0.15) is 24.8 Å². The second-order valence-electron chi connectivity index (χ2n) is 3.24. The van der Waals surface area contributed by atoms with Crippen molar-refractivity contribution in [3.05, 3.63) is 48.6 Å². The van der Waals surface area contributed by atoms with Gasteiger partial charge in [0.2, 0.25) is 0 Å². The van der Waals surface area contributed by atoms with Crippen LogP contribution in [0.25, 0.3) is 0 Å². The lowest BCUT2D eigenvalue weighted by molar-refractivity contribution is -0.144. The monoisotopic (exact) mass is 204 g/mol. The maximum absolute atomic E-state index is 11.7. The largest absolute Gasteiger partial charge is 0.466 e. The molecule has 1 rings (SSSR count). The van der Waals surface area contributed by atoms with Gasteiger partial charge in [0, 0.05) is 0 Å². The molecule has 15 heavy (non-hydrogen) atoms. The number of carbonyl (C=O) groups excluding carboxylic acids is 1. The Labute approximate surface area is 90.6 Å². The Balaban J connectivity index is 2.82. The van der Waals surface area contributed by atoms with Gasteiger partial charge in [0.15, 0.2) is 0 Å². The maximum atomic E-state index is 11.7. The van der Waals surface area contributed by atoms with E-state index in [4.69, 9.17) is 4.74 Å². The number of rotatable bonds is 5. The van der Waals surface area contributed by atoms with Crippen molar-refractivity contribution in [3.63, 3.8) is 0 Å². The summed E-state index contributed by atoms with van der Waals surface area (Å²) < 4.78 is 5.02. The van der Waals surface area contributed by atoms with Gasteiger partial charge in [0.1, 0.15) is 0 Å². The second kappa shape index (κ2) is 6.02. The van der Waals surface area contributed by atoms with Gasteiger partial charge in [-0.2, -0.15) is 0 Å². The molecule has 0 radical (unpaired) electrons. The van der Waals surface area contributed by atoms with Crippen LogP contribution in [0.4, 0.5) is 0 Å². The van der Waals surface area contributed by atoms with Crippen LogP contribution >= 0.6 is 0 Å². The summed E-state index contributed by atoms with van der Waals surface area (Å²) in [5.41, 5.74) is 0.982. The topological polar surface area (TPSA) is 26.3 Å². The van der Waals surface area contributed by atoms with Gasteiger partial charge in [-0.1, -0.05) is 36.4 Å². The van der Waals surface area contributed by atoms with Crippen molar-refractivity contribution in [3.8, 4) is 0 Å². The number of carbonyl (C=O) groups is 1. The van der Waals surface area contributed by atoms with E-state index in [1.165, 1.54) is 0 Å². The number of benzene rings is 1. The van der Waals surface area contributed by atoms with Gasteiger partial charge in [-0.15, -0.1) is 6.58 Å². The summed E-state index contributed by atoms with van der Waals surface area (Å²) in [5.74, 6) is -0.396. The molecular formula is C13H16O2. The average molecular weight is 204 g/mol. The van der Waals surface area contributed by atoms with Gasteiger partial charge in [-0.05, 0) is 18.9 Å². The summed E-state index contributed by atoms with van der Waals surface area (Å²) >= 11 is 0. The van der Waals surface area contributed by atoms with E-state index in [0.29, 0.717) is 13.0 Å². The van der Waals surface area contributed by atoms with Crippen LogP contribution in [0.5, 0.6) is 0 Å². The fourth-order valence-electron chi connectivity index (χ4n) is 1.46. The fraction of sp³-hybridized carbons (Fsp3) is 0.308. The molecule has 1 unspecified atom stereocenters. The molecule has 0 saturated carbocycles. The highest BCUT2D eigenvalue weighted by Gasteiger charge is 2.19. The number of allylic oxidation sites excluding steroid dienone is 1. The van der Waals surface area contributed by atoms with E-state index in [0.717, 1.165) is 5.56 Å². The van der Waals surface area contributed by atoms with Crippen LogP contribution in [0.15, 0.2) is 43.0 Å². The van der Waals surface area contributed by atoms with Gasteiger partial charge in [0.05, 0.1) is 12.5 Å². The molecule has 1 atom stereocenters. The van der Waals surface area contributed by atoms with Crippen molar-refractivity contribution < 1.29 is 9.53 Å². The standard InChI is InChI=1S/C13H16O2/c1-3-8-12(13(14)15-4-2)11-9-6-5-7-10-11/h3,5-7,9-10,12H,1,4,8H2,2H3. The quantitative estimate of drug-likeness (QED) is 0.544. The Hall–Kier alpha value is -1.57. The first-order valence-electron chi connectivity index (χ1n) is 5.12. The predicted molar refractivity (Wildman–Crippen MR) is 60.6 cm³/mol. The summed E-state index contributed by atoms with van der Waals surface area (Å²) in [6.45, 7) is 5.89. The molecule has 0 heterocycles. The smallest absolute Gasteiger partial charge is 0.313 e. The second-order valence-corrected chi connectivity index (χ2v) is 3.24. The van der Waals surface area contributed by atoms with Crippen LogP contribution in [-0.2, 0) is 9.53 Å². The molecule has 0 spiro atoms. The molecule has 1 aromatic rings.